The van der Waals surface area contributed by atoms with Crippen molar-refractivity contribution in [2.45, 2.75) is 32.7 Å². The van der Waals surface area contributed by atoms with Gasteiger partial charge in [-0.15, -0.1) is 0 Å². The quantitative estimate of drug-likeness (QED) is 0.770. The Morgan fingerprint density at radius 1 is 1.17 bits per heavy atom. The molecule has 2 unspecified atom stereocenters. The Bertz CT molecular complexity index is 324. The van der Waals surface area contributed by atoms with E-state index in [0.29, 0.717) is 12.0 Å². The molecular weight excluding hydrogens is 226 g/mol. The fraction of sp³-hybridized carbons (Fsp3) is 0.600. The summed E-state index contributed by atoms with van der Waals surface area (Å²) < 4.78 is 10.9. The summed E-state index contributed by atoms with van der Waals surface area (Å²) >= 11 is 0. The molecule has 0 aliphatic heterocycles. The minimum atomic E-state index is 0.537. The highest BCUT2D eigenvalue weighted by Gasteiger charge is 2.13. The molecule has 0 saturated carbocycles. The van der Waals surface area contributed by atoms with Gasteiger partial charge >= 0.3 is 0 Å². The Balaban J connectivity index is 2.35. The summed E-state index contributed by atoms with van der Waals surface area (Å²) in [4.78, 5) is 0. The van der Waals surface area contributed by atoms with Crippen LogP contribution in [-0.2, 0) is 0 Å². The van der Waals surface area contributed by atoms with E-state index in [0.717, 1.165) is 24.5 Å². The molecule has 1 aromatic rings. The van der Waals surface area contributed by atoms with Crippen LogP contribution in [0.3, 0.4) is 0 Å². The SMILES string of the molecule is CCC(CCOc1ccc(OC)cc1)C(C)NC. The van der Waals surface area contributed by atoms with Crippen molar-refractivity contribution in [1.82, 2.24) is 5.32 Å². The lowest BCUT2D eigenvalue weighted by molar-refractivity contribution is 0.251. The van der Waals surface area contributed by atoms with Crippen molar-refractivity contribution in [2.75, 3.05) is 20.8 Å². The maximum atomic E-state index is 5.75. The van der Waals surface area contributed by atoms with Crippen molar-refractivity contribution in [3.63, 3.8) is 0 Å². The number of nitrogens with one attached hydrogen (secondary N) is 1. The molecule has 0 fully saturated rings. The molecule has 0 spiro atoms. The maximum Gasteiger partial charge on any atom is 0.119 e. The Morgan fingerprint density at radius 2 is 1.78 bits per heavy atom. The van der Waals surface area contributed by atoms with Crippen LogP contribution in [0.5, 0.6) is 11.5 Å². The van der Waals surface area contributed by atoms with Crippen LogP contribution in [0, 0.1) is 5.92 Å². The maximum absolute atomic E-state index is 5.75. The second kappa shape index (κ2) is 7.98. The molecule has 0 aliphatic rings. The van der Waals surface area contributed by atoms with E-state index in [4.69, 9.17) is 9.47 Å². The largest absolute Gasteiger partial charge is 0.497 e. The van der Waals surface area contributed by atoms with Gasteiger partial charge in [-0.05, 0) is 50.6 Å². The monoisotopic (exact) mass is 251 g/mol. The van der Waals surface area contributed by atoms with Crippen molar-refractivity contribution in [3.05, 3.63) is 24.3 Å². The van der Waals surface area contributed by atoms with E-state index in [9.17, 15) is 0 Å². The highest BCUT2D eigenvalue weighted by atomic mass is 16.5. The molecule has 2 atom stereocenters. The highest BCUT2D eigenvalue weighted by molar-refractivity contribution is 5.31. The number of rotatable bonds is 8. The predicted octanol–water partition coefficient (Wildman–Crippen LogP) is 3.10. The van der Waals surface area contributed by atoms with Crippen LogP contribution in [0.2, 0.25) is 0 Å². The molecule has 18 heavy (non-hydrogen) atoms. The first-order valence-electron chi connectivity index (χ1n) is 6.65. The summed E-state index contributed by atoms with van der Waals surface area (Å²) in [6, 6.07) is 8.27. The van der Waals surface area contributed by atoms with Gasteiger partial charge in [-0.3, -0.25) is 0 Å². The third-order valence-corrected chi connectivity index (χ3v) is 3.50. The van der Waals surface area contributed by atoms with E-state index in [1.165, 1.54) is 6.42 Å². The molecule has 102 valence electrons. The van der Waals surface area contributed by atoms with Crippen LogP contribution in [0.1, 0.15) is 26.7 Å². The first kappa shape index (κ1) is 14.8. The third-order valence-electron chi connectivity index (χ3n) is 3.50. The summed E-state index contributed by atoms with van der Waals surface area (Å²) in [5, 5.41) is 3.31. The van der Waals surface area contributed by atoms with Gasteiger partial charge < -0.3 is 14.8 Å². The first-order valence-corrected chi connectivity index (χ1v) is 6.65. The molecule has 0 saturated heterocycles. The zero-order chi connectivity index (χ0) is 13.4. The standard InChI is InChI=1S/C15H25NO2/c1-5-13(12(2)16-3)10-11-18-15-8-6-14(17-4)7-9-15/h6-9,12-13,16H,5,10-11H2,1-4H3. The Hall–Kier alpha value is -1.22. The number of hydrogen-bond donors (Lipinski definition) is 1. The van der Waals surface area contributed by atoms with Crippen molar-refractivity contribution in [3.8, 4) is 11.5 Å². The Kier molecular flexibility index (Phi) is 6.58. The molecular formula is C15H25NO2. The lowest BCUT2D eigenvalue weighted by atomic mass is 9.95. The van der Waals surface area contributed by atoms with Gasteiger partial charge in [-0.25, -0.2) is 0 Å². The summed E-state index contributed by atoms with van der Waals surface area (Å²) in [5.74, 6) is 2.42. The van der Waals surface area contributed by atoms with Gasteiger partial charge in [0.05, 0.1) is 13.7 Å². The molecule has 3 nitrogen and oxygen atoms in total. The molecule has 0 bridgehead atoms. The molecule has 1 aromatic carbocycles. The van der Waals surface area contributed by atoms with Crippen molar-refractivity contribution in [2.24, 2.45) is 5.92 Å². The van der Waals surface area contributed by atoms with Crippen LogP contribution in [-0.4, -0.2) is 26.8 Å². The minimum Gasteiger partial charge on any atom is -0.497 e. The van der Waals surface area contributed by atoms with E-state index < -0.39 is 0 Å². The number of hydrogen-bond acceptors (Lipinski definition) is 3. The van der Waals surface area contributed by atoms with Crippen LogP contribution in [0.4, 0.5) is 0 Å². The van der Waals surface area contributed by atoms with Crippen molar-refractivity contribution >= 4 is 0 Å². The van der Waals surface area contributed by atoms with E-state index in [1.807, 2.05) is 31.3 Å². The fourth-order valence-corrected chi connectivity index (χ4v) is 2.04. The predicted molar refractivity (Wildman–Crippen MR) is 75.4 cm³/mol. The van der Waals surface area contributed by atoms with Crippen LogP contribution in [0.15, 0.2) is 24.3 Å². The van der Waals surface area contributed by atoms with Crippen LogP contribution < -0.4 is 14.8 Å². The Labute approximate surface area is 110 Å². The number of ether oxygens (including phenoxy) is 2. The second-order valence-electron chi connectivity index (χ2n) is 4.56. The molecule has 1 rings (SSSR count). The summed E-state index contributed by atoms with van der Waals surface area (Å²) in [7, 11) is 3.68. The van der Waals surface area contributed by atoms with Crippen LogP contribution >= 0.6 is 0 Å². The van der Waals surface area contributed by atoms with E-state index in [-0.39, 0.29) is 0 Å². The number of benzene rings is 1. The molecule has 0 aliphatic carbocycles. The first-order chi connectivity index (χ1) is 8.71. The zero-order valence-electron chi connectivity index (χ0n) is 11.9. The topological polar surface area (TPSA) is 30.5 Å². The van der Waals surface area contributed by atoms with Crippen LogP contribution in [0.25, 0.3) is 0 Å². The fourth-order valence-electron chi connectivity index (χ4n) is 2.04. The van der Waals surface area contributed by atoms with E-state index in [2.05, 4.69) is 19.2 Å². The van der Waals surface area contributed by atoms with Gasteiger partial charge in [-0.1, -0.05) is 13.3 Å². The highest BCUT2D eigenvalue weighted by Crippen LogP contribution is 2.19. The minimum absolute atomic E-state index is 0.537. The lowest BCUT2D eigenvalue weighted by Gasteiger charge is -2.22. The molecule has 0 amide bonds. The smallest absolute Gasteiger partial charge is 0.119 e. The van der Waals surface area contributed by atoms with Gasteiger partial charge in [0.25, 0.3) is 0 Å². The summed E-state index contributed by atoms with van der Waals surface area (Å²) in [6.45, 7) is 5.21. The Morgan fingerprint density at radius 3 is 2.28 bits per heavy atom. The summed E-state index contributed by atoms with van der Waals surface area (Å²) in [6.07, 6.45) is 2.25. The van der Waals surface area contributed by atoms with Gasteiger partial charge in [0.15, 0.2) is 0 Å². The third kappa shape index (κ3) is 4.57. The van der Waals surface area contributed by atoms with E-state index in [1.54, 1.807) is 7.11 Å². The number of methoxy groups -OCH3 is 1. The molecule has 1 N–H and O–H groups in total. The van der Waals surface area contributed by atoms with Gasteiger partial charge in [-0.2, -0.15) is 0 Å². The van der Waals surface area contributed by atoms with Crippen molar-refractivity contribution in [1.29, 1.82) is 0 Å². The zero-order valence-corrected chi connectivity index (χ0v) is 11.9. The molecule has 0 aromatic heterocycles. The molecule has 3 heteroatoms. The average Bonchev–Trinajstić information content (AvgIpc) is 2.43. The van der Waals surface area contributed by atoms with Gasteiger partial charge in [0.2, 0.25) is 0 Å². The van der Waals surface area contributed by atoms with Crippen molar-refractivity contribution < 1.29 is 9.47 Å². The van der Waals surface area contributed by atoms with Gasteiger partial charge in [0, 0.05) is 6.04 Å². The van der Waals surface area contributed by atoms with Gasteiger partial charge in [0.1, 0.15) is 11.5 Å². The average molecular weight is 251 g/mol. The summed E-state index contributed by atoms with van der Waals surface area (Å²) in [5.41, 5.74) is 0. The molecule has 0 radical (unpaired) electrons. The lowest BCUT2D eigenvalue weighted by Crippen LogP contribution is -2.31. The normalized spacial score (nSPS) is 14.0. The van der Waals surface area contributed by atoms with E-state index >= 15 is 0 Å². The molecule has 0 heterocycles. The second-order valence-corrected chi connectivity index (χ2v) is 4.56.